The van der Waals surface area contributed by atoms with Crippen LogP contribution >= 0.6 is 0 Å². The summed E-state index contributed by atoms with van der Waals surface area (Å²) in [5.41, 5.74) is 5.96. The highest BCUT2D eigenvalue weighted by Crippen LogP contribution is 2.32. The van der Waals surface area contributed by atoms with E-state index in [1.165, 1.54) is 51.4 Å². The van der Waals surface area contributed by atoms with Crippen molar-refractivity contribution in [1.82, 2.24) is 4.90 Å². The van der Waals surface area contributed by atoms with Crippen molar-refractivity contribution in [2.75, 3.05) is 20.7 Å². The normalized spacial score (nSPS) is 38.0. The highest BCUT2D eigenvalue weighted by atomic mass is 16.5. The van der Waals surface area contributed by atoms with Crippen LogP contribution in [-0.4, -0.2) is 43.8 Å². The number of methoxy groups -OCH3 is 1. The van der Waals surface area contributed by atoms with E-state index in [2.05, 4.69) is 11.9 Å². The lowest BCUT2D eigenvalue weighted by molar-refractivity contribution is 0.0192. The van der Waals surface area contributed by atoms with Crippen LogP contribution in [0.4, 0.5) is 0 Å². The summed E-state index contributed by atoms with van der Waals surface area (Å²) < 4.78 is 5.47. The molecule has 18 heavy (non-hydrogen) atoms. The standard InChI is InChI=1S/C15H30N2O/c1-17(13-7-9-14(18-2)10-8-13)15-6-4-3-5-12(15)11-16/h12-15H,3-11,16H2,1-2H3. The summed E-state index contributed by atoms with van der Waals surface area (Å²) >= 11 is 0. The van der Waals surface area contributed by atoms with Crippen LogP contribution in [-0.2, 0) is 4.74 Å². The first kappa shape index (κ1) is 14.3. The molecule has 0 aromatic carbocycles. The van der Waals surface area contributed by atoms with Gasteiger partial charge in [0.2, 0.25) is 0 Å². The second kappa shape index (κ2) is 6.88. The van der Waals surface area contributed by atoms with Gasteiger partial charge in [0.1, 0.15) is 0 Å². The Morgan fingerprint density at radius 2 is 1.72 bits per heavy atom. The van der Waals surface area contributed by atoms with Crippen LogP contribution in [0, 0.1) is 5.92 Å². The van der Waals surface area contributed by atoms with Crippen LogP contribution in [0.2, 0.25) is 0 Å². The highest BCUT2D eigenvalue weighted by molar-refractivity contribution is 4.88. The van der Waals surface area contributed by atoms with Crippen molar-refractivity contribution >= 4 is 0 Å². The van der Waals surface area contributed by atoms with Gasteiger partial charge in [0.05, 0.1) is 6.10 Å². The molecule has 0 aromatic rings. The average molecular weight is 254 g/mol. The SMILES string of the molecule is COC1CCC(N(C)C2CCCCC2CN)CC1. The zero-order valence-electron chi connectivity index (χ0n) is 12.1. The lowest BCUT2D eigenvalue weighted by Gasteiger charge is -2.43. The molecule has 0 aromatic heterocycles. The molecule has 2 fully saturated rings. The fourth-order valence-electron chi connectivity index (χ4n) is 3.96. The van der Waals surface area contributed by atoms with Crippen LogP contribution in [0.25, 0.3) is 0 Å². The zero-order valence-corrected chi connectivity index (χ0v) is 12.1. The predicted molar refractivity (Wildman–Crippen MR) is 75.6 cm³/mol. The van der Waals surface area contributed by atoms with Crippen molar-refractivity contribution in [2.45, 2.75) is 69.6 Å². The molecule has 3 heteroatoms. The highest BCUT2D eigenvalue weighted by Gasteiger charge is 2.32. The van der Waals surface area contributed by atoms with E-state index in [1.54, 1.807) is 0 Å². The molecular weight excluding hydrogens is 224 g/mol. The largest absolute Gasteiger partial charge is 0.381 e. The van der Waals surface area contributed by atoms with Gasteiger partial charge in [0.25, 0.3) is 0 Å². The van der Waals surface area contributed by atoms with Crippen LogP contribution < -0.4 is 5.73 Å². The summed E-state index contributed by atoms with van der Waals surface area (Å²) in [5, 5.41) is 0. The number of hydrogen-bond donors (Lipinski definition) is 1. The molecule has 2 saturated carbocycles. The van der Waals surface area contributed by atoms with Gasteiger partial charge in [-0.15, -0.1) is 0 Å². The number of ether oxygens (including phenoxy) is 1. The fourth-order valence-corrected chi connectivity index (χ4v) is 3.96. The van der Waals surface area contributed by atoms with Crippen LogP contribution in [0.5, 0.6) is 0 Å². The van der Waals surface area contributed by atoms with Gasteiger partial charge < -0.3 is 15.4 Å². The quantitative estimate of drug-likeness (QED) is 0.837. The van der Waals surface area contributed by atoms with Gasteiger partial charge in [-0.25, -0.2) is 0 Å². The van der Waals surface area contributed by atoms with E-state index in [0.29, 0.717) is 6.10 Å². The molecule has 0 saturated heterocycles. The third-order valence-electron chi connectivity index (χ3n) is 5.25. The fraction of sp³-hybridized carbons (Fsp3) is 1.00. The summed E-state index contributed by atoms with van der Waals surface area (Å²) in [6, 6.07) is 1.49. The molecule has 0 amide bonds. The molecule has 106 valence electrons. The van der Waals surface area contributed by atoms with Crippen molar-refractivity contribution in [3.8, 4) is 0 Å². The number of nitrogens with two attached hydrogens (primary N) is 1. The van der Waals surface area contributed by atoms with E-state index in [-0.39, 0.29) is 0 Å². The van der Waals surface area contributed by atoms with Gasteiger partial charge in [-0.05, 0) is 58.0 Å². The topological polar surface area (TPSA) is 38.5 Å². The Labute approximate surface area is 112 Å². The molecule has 0 spiro atoms. The molecule has 2 atom stereocenters. The van der Waals surface area contributed by atoms with Crippen molar-refractivity contribution in [3.05, 3.63) is 0 Å². The molecule has 2 rings (SSSR count). The van der Waals surface area contributed by atoms with Gasteiger partial charge in [-0.2, -0.15) is 0 Å². The minimum atomic E-state index is 0.506. The second-order valence-electron chi connectivity index (χ2n) is 6.18. The molecule has 2 N–H and O–H groups in total. The minimum absolute atomic E-state index is 0.506. The van der Waals surface area contributed by atoms with Crippen molar-refractivity contribution < 1.29 is 4.74 Å². The third-order valence-corrected chi connectivity index (χ3v) is 5.25. The van der Waals surface area contributed by atoms with E-state index in [1.807, 2.05) is 7.11 Å². The van der Waals surface area contributed by atoms with Crippen molar-refractivity contribution in [1.29, 1.82) is 0 Å². The maximum Gasteiger partial charge on any atom is 0.0572 e. The first-order valence-corrected chi connectivity index (χ1v) is 7.71. The van der Waals surface area contributed by atoms with E-state index in [9.17, 15) is 0 Å². The van der Waals surface area contributed by atoms with Crippen LogP contribution in [0.3, 0.4) is 0 Å². The Kier molecular flexibility index (Phi) is 5.46. The molecule has 0 radical (unpaired) electrons. The summed E-state index contributed by atoms with van der Waals surface area (Å²) in [7, 11) is 4.18. The average Bonchev–Trinajstić information content (AvgIpc) is 2.46. The Morgan fingerprint density at radius 3 is 2.33 bits per heavy atom. The number of nitrogens with zero attached hydrogens (tertiary/aromatic N) is 1. The van der Waals surface area contributed by atoms with Gasteiger partial charge >= 0.3 is 0 Å². The van der Waals surface area contributed by atoms with E-state index < -0.39 is 0 Å². The molecule has 0 heterocycles. The van der Waals surface area contributed by atoms with Crippen LogP contribution in [0.15, 0.2) is 0 Å². The Hall–Kier alpha value is -0.120. The zero-order chi connectivity index (χ0) is 13.0. The smallest absolute Gasteiger partial charge is 0.0572 e. The summed E-state index contributed by atoms with van der Waals surface area (Å²) in [6.07, 6.45) is 11.0. The Bertz CT molecular complexity index is 239. The van der Waals surface area contributed by atoms with Gasteiger partial charge in [0.15, 0.2) is 0 Å². The summed E-state index contributed by atoms with van der Waals surface area (Å²) in [6.45, 7) is 0.864. The lowest BCUT2D eigenvalue weighted by atomic mass is 9.81. The molecule has 2 unspecified atom stereocenters. The predicted octanol–water partition coefficient (Wildman–Crippen LogP) is 2.39. The maximum atomic E-state index is 5.96. The lowest BCUT2D eigenvalue weighted by Crippen LogP contribution is -2.49. The molecule has 0 aliphatic heterocycles. The van der Waals surface area contributed by atoms with Crippen molar-refractivity contribution in [3.63, 3.8) is 0 Å². The van der Waals surface area contributed by atoms with Crippen molar-refractivity contribution in [2.24, 2.45) is 11.7 Å². The monoisotopic (exact) mass is 254 g/mol. The molecular formula is C15H30N2O. The molecule has 3 nitrogen and oxygen atoms in total. The molecule has 2 aliphatic carbocycles. The third kappa shape index (κ3) is 3.25. The number of rotatable bonds is 4. The van der Waals surface area contributed by atoms with Gasteiger partial charge in [-0.1, -0.05) is 12.8 Å². The first-order valence-electron chi connectivity index (χ1n) is 7.71. The number of hydrogen-bond acceptors (Lipinski definition) is 3. The van der Waals surface area contributed by atoms with Gasteiger partial charge in [-0.3, -0.25) is 0 Å². The minimum Gasteiger partial charge on any atom is -0.381 e. The van der Waals surface area contributed by atoms with E-state index >= 15 is 0 Å². The molecule has 2 aliphatic rings. The first-order chi connectivity index (χ1) is 8.76. The summed E-state index contributed by atoms with van der Waals surface area (Å²) in [5.74, 6) is 0.726. The Morgan fingerprint density at radius 1 is 1.06 bits per heavy atom. The Balaban J connectivity index is 1.87. The maximum absolute atomic E-state index is 5.96. The van der Waals surface area contributed by atoms with Crippen LogP contribution in [0.1, 0.15) is 51.4 Å². The van der Waals surface area contributed by atoms with E-state index in [4.69, 9.17) is 10.5 Å². The summed E-state index contributed by atoms with van der Waals surface area (Å²) in [4.78, 5) is 2.66. The van der Waals surface area contributed by atoms with Gasteiger partial charge in [0, 0.05) is 19.2 Å². The van der Waals surface area contributed by atoms with E-state index in [0.717, 1.165) is 24.5 Å². The molecule has 0 bridgehead atoms. The second-order valence-corrected chi connectivity index (χ2v) is 6.18.